The Hall–Kier alpha value is -2.25. The maximum atomic E-state index is 12.7. The number of carbonyl (C=O) groups excluding carboxylic acids is 2. The van der Waals surface area contributed by atoms with Gasteiger partial charge in [-0.25, -0.2) is 4.98 Å². The van der Waals surface area contributed by atoms with Crippen molar-refractivity contribution in [3.05, 3.63) is 47.6 Å². The van der Waals surface area contributed by atoms with E-state index in [0.717, 1.165) is 22.2 Å². The molecule has 1 saturated heterocycles. The first kappa shape index (κ1) is 20.0. The molecule has 0 aliphatic carbocycles. The van der Waals surface area contributed by atoms with Crippen molar-refractivity contribution in [2.45, 2.75) is 17.7 Å². The lowest BCUT2D eigenvalue weighted by molar-refractivity contribution is -0.133. The zero-order valence-electron chi connectivity index (χ0n) is 16.1. The standard InChI is InChI=1S/C21H23ClN4O2S/c22-18-6-3-7-19(23-18)24-10-12-25(13-11-24)20(27)8-9-21(28)26-14-15-29-17-5-2-1-4-16(17)26/h1-7H,8-15H2. The Morgan fingerprint density at radius 1 is 0.931 bits per heavy atom. The minimum atomic E-state index is 0.0212. The molecule has 3 heterocycles. The van der Waals surface area contributed by atoms with Gasteiger partial charge in [0.25, 0.3) is 0 Å². The number of piperazine rings is 1. The molecule has 0 atom stereocenters. The lowest BCUT2D eigenvalue weighted by Gasteiger charge is -2.35. The van der Waals surface area contributed by atoms with Crippen LogP contribution in [0, 0.1) is 0 Å². The normalized spacial score (nSPS) is 16.5. The fraction of sp³-hybridized carbons (Fsp3) is 0.381. The summed E-state index contributed by atoms with van der Waals surface area (Å²) < 4.78 is 0. The van der Waals surface area contributed by atoms with Crippen LogP contribution in [0.1, 0.15) is 12.8 Å². The Kier molecular flexibility index (Phi) is 6.25. The van der Waals surface area contributed by atoms with Crippen LogP contribution in [0.2, 0.25) is 5.15 Å². The van der Waals surface area contributed by atoms with E-state index in [1.165, 1.54) is 0 Å². The third-order valence-electron chi connectivity index (χ3n) is 5.24. The number of amides is 2. The summed E-state index contributed by atoms with van der Waals surface area (Å²) in [5.41, 5.74) is 0.962. The summed E-state index contributed by atoms with van der Waals surface area (Å²) in [6, 6.07) is 13.5. The second-order valence-corrected chi connectivity index (χ2v) is 8.57. The van der Waals surface area contributed by atoms with Crippen LogP contribution in [0.3, 0.4) is 0 Å². The van der Waals surface area contributed by atoms with E-state index in [9.17, 15) is 9.59 Å². The van der Waals surface area contributed by atoms with E-state index in [4.69, 9.17) is 11.6 Å². The maximum absolute atomic E-state index is 12.7. The summed E-state index contributed by atoms with van der Waals surface area (Å²) in [6.07, 6.45) is 0.494. The predicted molar refractivity (Wildman–Crippen MR) is 117 cm³/mol. The first-order chi connectivity index (χ1) is 14.1. The zero-order chi connectivity index (χ0) is 20.2. The molecule has 1 aromatic carbocycles. The van der Waals surface area contributed by atoms with Crippen LogP contribution in [0.15, 0.2) is 47.4 Å². The van der Waals surface area contributed by atoms with Gasteiger partial charge in [-0.1, -0.05) is 29.8 Å². The monoisotopic (exact) mass is 430 g/mol. The number of hydrogen-bond acceptors (Lipinski definition) is 5. The van der Waals surface area contributed by atoms with Gasteiger partial charge in [0.05, 0.1) is 5.69 Å². The molecule has 0 N–H and O–H groups in total. The fourth-order valence-electron chi connectivity index (χ4n) is 3.69. The van der Waals surface area contributed by atoms with Crippen LogP contribution in [0.4, 0.5) is 11.5 Å². The van der Waals surface area contributed by atoms with Gasteiger partial charge in [-0.3, -0.25) is 9.59 Å². The molecule has 2 aromatic rings. The lowest BCUT2D eigenvalue weighted by Crippen LogP contribution is -2.49. The highest BCUT2D eigenvalue weighted by molar-refractivity contribution is 7.99. The molecule has 1 fully saturated rings. The predicted octanol–water partition coefficient (Wildman–Crippen LogP) is 3.30. The van der Waals surface area contributed by atoms with E-state index in [2.05, 4.69) is 9.88 Å². The van der Waals surface area contributed by atoms with E-state index in [1.54, 1.807) is 17.8 Å². The molecule has 2 aliphatic heterocycles. The molecule has 2 aliphatic rings. The SMILES string of the molecule is O=C(CCC(=O)N1CCSc2ccccc21)N1CCN(c2cccc(Cl)n2)CC1. The van der Waals surface area contributed by atoms with Crippen molar-refractivity contribution in [1.29, 1.82) is 0 Å². The summed E-state index contributed by atoms with van der Waals surface area (Å²) >= 11 is 7.74. The van der Waals surface area contributed by atoms with Gasteiger partial charge in [0, 0.05) is 56.2 Å². The van der Waals surface area contributed by atoms with Crippen molar-refractivity contribution in [2.24, 2.45) is 0 Å². The Morgan fingerprint density at radius 2 is 1.69 bits per heavy atom. The summed E-state index contributed by atoms with van der Waals surface area (Å²) in [6.45, 7) is 3.38. The summed E-state index contributed by atoms with van der Waals surface area (Å²) in [4.78, 5) is 36.6. The van der Waals surface area contributed by atoms with Crippen LogP contribution < -0.4 is 9.80 Å². The van der Waals surface area contributed by atoms with Gasteiger partial charge in [0.15, 0.2) is 0 Å². The molecule has 152 valence electrons. The minimum Gasteiger partial charge on any atom is -0.353 e. The van der Waals surface area contributed by atoms with Crippen LogP contribution in [-0.2, 0) is 9.59 Å². The highest BCUT2D eigenvalue weighted by atomic mass is 35.5. The van der Waals surface area contributed by atoms with E-state index < -0.39 is 0 Å². The van der Waals surface area contributed by atoms with Crippen molar-refractivity contribution < 1.29 is 9.59 Å². The molecule has 0 unspecified atom stereocenters. The summed E-state index contributed by atoms with van der Waals surface area (Å²) in [5, 5.41) is 0.470. The largest absolute Gasteiger partial charge is 0.353 e. The van der Waals surface area contributed by atoms with E-state index in [1.807, 2.05) is 46.2 Å². The number of anilines is 2. The summed E-state index contributed by atoms with van der Waals surface area (Å²) in [7, 11) is 0. The summed E-state index contributed by atoms with van der Waals surface area (Å²) in [5.74, 6) is 1.78. The number of pyridine rings is 1. The lowest BCUT2D eigenvalue weighted by atomic mass is 10.2. The average Bonchev–Trinajstić information content (AvgIpc) is 2.77. The molecular weight excluding hydrogens is 408 g/mol. The zero-order valence-corrected chi connectivity index (χ0v) is 17.7. The number of para-hydroxylation sites is 1. The van der Waals surface area contributed by atoms with Gasteiger partial charge in [-0.05, 0) is 24.3 Å². The molecule has 0 spiro atoms. The van der Waals surface area contributed by atoms with Gasteiger partial charge < -0.3 is 14.7 Å². The van der Waals surface area contributed by atoms with Crippen molar-refractivity contribution >= 4 is 46.7 Å². The number of rotatable bonds is 4. The van der Waals surface area contributed by atoms with Crippen molar-refractivity contribution in [3.63, 3.8) is 0 Å². The number of aromatic nitrogens is 1. The van der Waals surface area contributed by atoms with Gasteiger partial charge in [-0.15, -0.1) is 11.8 Å². The van der Waals surface area contributed by atoms with Gasteiger partial charge in [-0.2, -0.15) is 0 Å². The number of nitrogens with zero attached hydrogens (tertiary/aromatic N) is 4. The molecule has 0 bridgehead atoms. The van der Waals surface area contributed by atoms with Crippen molar-refractivity contribution in [2.75, 3.05) is 48.3 Å². The van der Waals surface area contributed by atoms with Crippen molar-refractivity contribution in [3.8, 4) is 0 Å². The second-order valence-electron chi connectivity index (χ2n) is 7.05. The Balaban J connectivity index is 1.28. The first-order valence-corrected chi connectivity index (χ1v) is 11.2. The Morgan fingerprint density at radius 3 is 2.48 bits per heavy atom. The topological polar surface area (TPSA) is 56.8 Å². The average molecular weight is 431 g/mol. The number of carbonyl (C=O) groups is 2. The molecule has 29 heavy (non-hydrogen) atoms. The minimum absolute atomic E-state index is 0.0212. The van der Waals surface area contributed by atoms with Crippen LogP contribution >= 0.6 is 23.4 Å². The number of fused-ring (bicyclic) bond motifs is 1. The number of benzene rings is 1. The fourth-order valence-corrected chi connectivity index (χ4v) is 4.85. The van der Waals surface area contributed by atoms with E-state index >= 15 is 0 Å². The quantitative estimate of drug-likeness (QED) is 0.696. The number of halogens is 1. The maximum Gasteiger partial charge on any atom is 0.227 e. The van der Waals surface area contributed by atoms with E-state index in [0.29, 0.717) is 37.9 Å². The van der Waals surface area contributed by atoms with Gasteiger partial charge in [0.2, 0.25) is 11.8 Å². The van der Waals surface area contributed by atoms with Gasteiger partial charge in [0.1, 0.15) is 11.0 Å². The molecule has 8 heteroatoms. The molecular formula is C21H23ClN4O2S. The smallest absolute Gasteiger partial charge is 0.227 e. The molecule has 0 saturated carbocycles. The van der Waals surface area contributed by atoms with Crippen LogP contribution in [0.5, 0.6) is 0 Å². The number of hydrogen-bond donors (Lipinski definition) is 0. The molecule has 1 aromatic heterocycles. The van der Waals surface area contributed by atoms with Crippen molar-refractivity contribution in [1.82, 2.24) is 9.88 Å². The molecule has 4 rings (SSSR count). The highest BCUT2D eigenvalue weighted by Crippen LogP contribution is 2.34. The number of thioether (sulfide) groups is 1. The third-order valence-corrected chi connectivity index (χ3v) is 6.49. The van der Waals surface area contributed by atoms with Crippen LogP contribution in [0.25, 0.3) is 0 Å². The molecule has 6 nitrogen and oxygen atoms in total. The molecule has 2 amide bonds. The Labute approximate surface area is 179 Å². The molecule has 0 radical (unpaired) electrons. The Bertz CT molecular complexity index is 902. The highest BCUT2D eigenvalue weighted by Gasteiger charge is 2.25. The van der Waals surface area contributed by atoms with Crippen LogP contribution in [-0.4, -0.2) is 60.2 Å². The first-order valence-electron chi connectivity index (χ1n) is 9.79. The second kappa shape index (κ2) is 9.05. The third kappa shape index (κ3) is 4.67. The van der Waals surface area contributed by atoms with E-state index in [-0.39, 0.29) is 24.7 Å². The van der Waals surface area contributed by atoms with Gasteiger partial charge >= 0.3 is 0 Å².